The first-order valence-electron chi connectivity index (χ1n) is 8.93. The van der Waals surface area contributed by atoms with Gasteiger partial charge in [-0.05, 0) is 36.8 Å². The molecule has 3 aromatic rings. The molecule has 3 rings (SSSR count). The summed E-state index contributed by atoms with van der Waals surface area (Å²) in [6, 6.07) is 26.0. The lowest BCUT2D eigenvalue weighted by atomic mass is 10.1. The zero-order valence-corrected chi connectivity index (χ0v) is 16.3. The molecule has 0 amide bonds. The van der Waals surface area contributed by atoms with Crippen LogP contribution >= 0.6 is 7.60 Å². The van der Waals surface area contributed by atoms with Crippen LogP contribution in [0.1, 0.15) is 18.1 Å². The van der Waals surface area contributed by atoms with Crippen molar-refractivity contribution in [1.29, 1.82) is 0 Å². The first kappa shape index (κ1) is 19.7. The Morgan fingerprint density at radius 1 is 0.786 bits per heavy atom. The van der Waals surface area contributed by atoms with Gasteiger partial charge in [0.1, 0.15) is 11.5 Å². The van der Waals surface area contributed by atoms with E-state index in [0.29, 0.717) is 17.1 Å². The summed E-state index contributed by atoms with van der Waals surface area (Å²) >= 11 is 0. The topological polar surface area (TPSA) is 61.8 Å². The Morgan fingerprint density at radius 3 is 1.64 bits per heavy atom. The van der Waals surface area contributed by atoms with E-state index in [1.807, 2.05) is 18.2 Å². The van der Waals surface area contributed by atoms with Gasteiger partial charge < -0.3 is 13.8 Å². The van der Waals surface area contributed by atoms with Crippen molar-refractivity contribution in [3.63, 3.8) is 0 Å². The van der Waals surface area contributed by atoms with E-state index < -0.39 is 19.2 Å². The molecular weight excluding hydrogens is 375 g/mol. The second kappa shape index (κ2) is 9.25. The van der Waals surface area contributed by atoms with Crippen LogP contribution in [0.15, 0.2) is 91.0 Å². The fourth-order valence-corrected chi connectivity index (χ4v) is 4.63. The molecule has 0 saturated carbocycles. The molecule has 0 N–H and O–H groups in total. The minimum atomic E-state index is -4.06. The number of carbonyl (C=O) groups excluding carboxylic acids is 1. The summed E-state index contributed by atoms with van der Waals surface area (Å²) in [4.78, 5) is 12.8. The molecule has 0 bridgehead atoms. The monoisotopic (exact) mass is 396 g/mol. The molecule has 1 unspecified atom stereocenters. The Labute approximate surface area is 164 Å². The quantitative estimate of drug-likeness (QED) is 0.364. The van der Waals surface area contributed by atoms with Crippen LogP contribution in [0.4, 0.5) is 0 Å². The van der Waals surface area contributed by atoms with E-state index in [9.17, 15) is 9.36 Å². The van der Waals surface area contributed by atoms with Crippen LogP contribution < -0.4 is 9.05 Å². The number of carbonyl (C=O) groups is 1. The van der Waals surface area contributed by atoms with Crippen LogP contribution in [0.5, 0.6) is 11.5 Å². The number of rotatable bonds is 8. The van der Waals surface area contributed by atoms with Crippen LogP contribution in [0, 0.1) is 0 Å². The van der Waals surface area contributed by atoms with Crippen LogP contribution in [-0.4, -0.2) is 12.6 Å². The number of para-hydroxylation sites is 2. The van der Waals surface area contributed by atoms with E-state index >= 15 is 0 Å². The van der Waals surface area contributed by atoms with Crippen LogP contribution in [0.25, 0.3) is 0 Å². The molecule has 0 radical (unpaired) electrons. The van der Waals surface area contributed by atoms with Gasteiger partial charge >= 0.3 is 13.6 Å². The summed E-state index contributed by atoms with van der Waals surface area (Å²) in [6.07, 6.45) is 0. The van der Waals surface area contributed by atoms with Gasteiger partial charge in [0.05, 0.1) is 6.61 Å². The van der Waals surface area contributed by atoms with Crippen molar-refractivity contribution < 1.29 is 23.1 Å². The molecule has 5 nitrogen and oxygen atoms in total. The van der Waals surface area contributed by atoms with Crippen molar-refractivity contribution in [2.24, 2.45) is 0 Å². The molecule has 0 saturated heterocycles. The van der Waals surface area contributed by atoms with E-state index in [2.05, 4.69) is 0 Å². The maximum Gasteiger partial charge on any atom is 0.449 e. The summed E-state index contributed by atoms with van der Waals surface area (Å²) in [5.41, 5.74) is -0.731. The summed E-state index contributed by atoms with van der Waals surface area (Å²) in [5.74, 6) is 0.0166. The molecule has 0 aliphatic heterocycles. The largest absolute Gasteiger partial charge is 0.465 e. The highest BCUT2D eigenvalue weighted by atomic mass is 31.2. The van der Waals surface area contributed by atoms with Crippen LogP contribution in [-0.2, 0) is 14.1 Å². The minimum absolute atomic E-state index is 0.152. The van der Waals surface area contributed by atoms with Crippen molar-refractivity contribution >= 4 is 13.6 Å². The van der Waals surface area contributed by atoms with Gasteiger partial charge in [0.15, 0.2) is 0 Å². The lowest BCUT2D eigenvalue weighted by Gasteiger charge is -2.26. The van der Waals surface area contributed by atoms with E-state index in [-0.39, 0.29) is 6.61 Å². The Balaban J connectivity index is 2.07. The third-order valence-corrected chi connectivity index (χ3v) is 5.97. The second-order valence-electron chi connectivity index (χ2n) is 5.91. The normalized spacial score (nSPS) is 12.0. The highest BCUT2D eigenvalue weighted by Crippen LogP contribution is 2.60. The highest BCUT2D eigenvalue weighted by Gasteiger charge is 2.47. The number of hydrogen-bond donors (Lipinski definition) is 0. The van der Waals surface area contributed by atoms with Gasteiger partial charge in [-0.25, -0.2) is 4.57 Å². The third-order valence-electron chi connectivity index (χ3n) is 3.89. The van der Waals surface area contributed by atoms with Gasteiger partial charge in [-0.3, -0.25) is 4.79 Å². The van der Waals surface area contributed by atoms with E-state index in [1.165, 1.54) is 0 Å². The molecule has 3 aromatic carbocycles. The van der Waals surface area contributed by atoms with E-state index in [1.54, 1.807) is 79.7 Å². The Bertz CT molecular complexity index is 883. The molecule has 0 spiro atoms. The molecule has 0 aromatic heterocycles. The Kier molecular flexibility index (Phi) is 6.51. The molecule has 0 aliphatic carbocycles. The third kappa shape index (κ3) is 4.81. The minimum Gasteiger partial charge on any atom is -0.465 e. The van der Waals surface area contributed by atoms with E-state index in [4.69, 9.17) is 13.8 Å². The molecule has 28 heavy (non-hydrogen) atoms. The zero-order valence-electron chi connectivity index (χ0n) is 15.4. The number of hydrogen-bond acceptors (Lipinski definition) is 5. The molecular formula is C22H21O5P. The average Bonchev–Trinajstić information content (AvgIpc) is 2.70. The zero-order chi connectivity index (χ0) is 19.8. The molecule has 0 heterocycles. The summed E-state index contributed by atoms with van der Waals surface area (Å²) in [7, 11) is -4.06. The number of ether oxygens (including phenoxy) is 1. The molecule has 0 aliphatic rings. The van der Waals surface area contributed by atoms with Crippen molar-refractivity contribution in [3.8, 4) is 11.5 Å². The maximum absolute atomic E-state index is 14.0. The maximum atomic E-state index is 14.0. The number of esters is 1. The van der Waals surface area contributed by atoms with Crippen molar-refractivity contribution in [3.05, 3.63) is 96.6 Å². The SMILES string of the molecule is CCOC(=O)C(c1ccccc1)P(=O)(Oc1ccccc1)Oc1ccccc1. The number of benzene rings is 3. The molecule has 144 valence electrons. The molecule has 0 fully saturated rings. The van der Waals surface area contributed by atoms with Gasteiger partial charge in [0, 0.05) is 0 Å². The van der Waals surface area contributed by atoms with Crippen LogP contribution in [0.2, 0.25) is 0 Å². The van der Waals surface area contributed by atoms with Gasteiger partial charge in [0.25, 0.3) is 0 Å². The Hall–Kier alpha value is -3.04. The van der Waals surface area contributed by atoms with Gasteiger partial charge in [-0.2, -0.15) is 0 Å². The molecule has 6 heteroatoms. The summed E-state index contributed by atoms with van der Waals surface area (Å²) in [6.45, 7) is 1.85. The lowest BCUT2D eigenvalue weighted by Crippen LogP contribution is -2.21. The first-order chi connectivity index (χ1) is 13.6. The second-order valence-corrected chi connectivity index (χ2v) is 7.87. The predicted octanol–water partition coefficient (Wildman–Crippen LogP) is 5.64. The fraction of sp³-hybridized carbons (Fsp3) is 0.136. The van der Waals surface area contributed by atoms with Crippen LogP contribution in [0.3, 0.4) is 0 Å². The van der Waals surface area contributed by atoms with Crippen molar-refractivity contribution in [2.75, 3.05) is 6.61 Å². The lowest BCUT2D eigenvalue weighted by molar-refractivity contribution is -0.143. The predicted molar refractivity (Wildman–Crippen MR) is 108 cm³/mol. The highest BCUT2D eigenvalue weighted by molar-refractivity contribution is 7.56. The van der Waals surface area contributed by atoms with Gasteiger partial charge in [0.2, 0.25) is 5.66 Å². The summed E-state index contributed by atoms with van der Waals surface area (Å²) < 4.78 is 30.9. The standard InChI is InChI=1S/C22H21O5P/c1-2-25-22(23)21(18-12-6-3-7-13-18)28(24,26-19-14-8-4-9-15-19)27-20-16-10-5-11-17-20/h3-17,21H,2H2,1H3. The Morgan fingerprint density at radius 2 is 1.21 bits per heavy atom. The average molecular weight is 396 g/mol. The van der Waals surface area contributed by atoms with Crippen molar-refractivity contribution in [1.82, 2.24) is 0 Å². The van der Waals surface area contributed by atoms with Gasteiger partial charge in [-0.15, -0.1) is 0 Å². The van der Waals surface area contributed by atoms with Crippen molar-refractivity contribution in [2.45, 2.75) is 12.6 Å². The fourth-order valence-electron chi connectivity index (χ4n) is 2.68. The smallest absolute Gasteiger partial charge is 0.449 e. The van der Waals surface area contributed by atoms with E-state index in [0.717, 1.165) is 0 Å². The first-order valence-corrected chi connectivity index (χ1v) is 10.5. The van der Waals surface area contributed by atoms with Gasteiger partial charge in [-0.1, -0.05) is 66.7 Å². The summed E-state index contributed by atoms with van der Waals surface area (Å²) in [5, 5.41) is 0. The molecule has 1 atom stereocenters.